The van der Waals surface area contributed by atoms with Crippen LogP contribution in [0.2, 0.25) is 0 Å². The summed E-state index contributed by atoms with van der Waals surface area (Å²) < 4.78 is 1.91. The van der Waals surface area contributed by atoms with Crippen molar-refractivity contribution in [1.82, 2.24) is 29.4 Å². The summed E-state index contributed by atoms with van der Waals surface area (Å²) in [7, 11) is 0. The van der Waals surface area contributed by atoms with Crippen molar-refractivity contribution in [3.05, 3.63) is 17.6 Å². The van der Waals surface area contributed by atoms with Crippen molar-refractivity contribution in [1.29, 1.82) is 0 Å². The van der Waals surface area contributed by atoms with E-state index in [2.05, 4.69) is 46.5 Å². The van der Waals surface area contributed by atoms with Crippen LogP contribution in [-0.4, -0.2) is 75.2 Å². The standard InChI is InChI=1S/C18H31N7/c1-5-8-22-9-11-23(12-10-22)14-16-20-18-19-15(4)13-17(25(18)21-16)24(6-2)7-3/h13H,5-12,14H2,1-4H3. The minimum Gasteiger partial charge on any atom is -0.357 e. The highest BCUT2D eigenvalue weighted by Crippen LogP contribution is 2.17. The van der Waals surface area contributed by atoms with Gasteiger partial charge in [0.15, 0.2) is 5.82 Å². The SMILES string of the molecule is CCCN1CCN(Cc2nc3nc(C)cc(N(CC)CC)n3n2)CC1. The molecule has 0 amide bonds. The maximum Gasteiger partial charge on any atom is 0.254 e. The van der Waals surface area contributed by atoms with E-state index in [-0.39, 0.29) is 0 Å². The van der Waals surface area contributed by atoms with Crippen molar-refractivity contribution in [2.75, 3.05) is 50.7 Å². The second-order valence-corrected chi connectivity index (χ2v) is 6.79. The molecule has 1 aliphatic heterocycles. The van der Waals surface area contributed by atoms with Crippen LogP contribution in [0.5, 0.6) is 0 Å². The zero-order valence-electron chi connectivity index (χ0n) is 16.1. The van der Waals surface area contributed by atoms with Crippen molar-refractivity contribution < 1.29 is 0 Å². The number of aromatic nitrogens is 4. The lowest BCUT2D eigenvalue weighted by Gasteiger charge is -2.33. The van der Waals surface area contributed by atoms with Crippen LogP contribution < -0.4 is 4.90 Å². The third-order valence-corrected chi connectivity index (χ3v) is 4.92. The van der Waals surface area contributed by atoms with Gasteiger partial charge in [-0.15, -0.1) is 5.10 Å². The van der Waals surface area contributed by atoms with E-state index in [0.717, 1.165) is 63.1 Å². The van der Waals surface area contributed by atoms with Gasteiger partial charge < -0.3 is 9.80 Å². The Balaban J connectivity index is 1.76. The largest absolute Gasteiger partial charge is 0.357 e. The van der Waals surface area contributed by atoms with Gasteiger partial charge in [-0.25, -0.2) is 4.98 Å². The summed E-state index contributed by atoms with van der Waals surface area (Å²) in [6.45, 7) is 17.0. The summed E-state index contributed by atoms with van der Waals surface area (Å²) in [5.41, 5.74) is 0.988. The highest BCUT2D eigenvalue weighted by atomic mass is 15.4. The lowest BCUT2D eigenvalue weighted by molar-refractivity contribution is 0.125. The molecule has 0 atom stereocenters. The molecular formula is C18H31N7. The van der Waals surface area contributed by atoms with E-state index >= 15 is 0 Å². The summed E-state index contributed by atoms with van der Waals surface area (Å²) in [4.78, 5) is 16.6. The number of nitrogens with zero attached hydrogens (tertiary/aromatic N) is 7. The number of anilines is 1. The van der Waals surface area contributed by atoms with Crippen LogP contribution in [0.3, 0.4) is 0 Å². The Morgan fingerprint density at radius 1 is 1.00 bits per heavy atom. The second-order valence-electron chi connectivity index (χ2n) is 6.79. The molecule has 1 aliphatic rings. The predicted molar refractivity (Wildman–Crippen MR) is 101 cm³/mol. The van der Waals surface area contributed by atoms with Crippen LogP contribution in [-0.2, 0) is 6.54 Å². The van der Waals surface area contributed by atoms with Crippen LogP contribution in [0.4, 0.5) is 5.82 Å². The number of fused-ring (bicyclic) bond motifs is 1. The van der Waals surface area contributed by atoms with Gasteiger partial charge in [0.05, 0.1) is 6.54 Å². The molecule has 3 heterocycles. The number of hydrogen-bond donors (Lipinski definition) is 0. The summed E-state index contributed by atoms with van der Waals surface area (Å²) in [5.74, 6) is 2.66. The maximum atomic E-state index is 4.77. The first-order valence-corrected chi connectivity index (χ1v) is 9.57. The van der Waals surface area contributed by atoms with E-state index in [1.807, 2.05) is 11.4 Å². The van der Waals surface area contributed by atoms with Gasteiger partial charge in [-0.05, 0) is 33.7 Å². The van der Waals surface area contributed by atoms with Gasteiger partial charge in [0.2, 0.25) is 0 Å². The number of rotatable bonds is 7. The molecule has 1 saturated heterocycles. The normalized spacial score (nSPS) is 16.6. The molecule has 7 heteroatoms. The first-order valence-electron chi connectivity index (χ1n) is 9.57. The smallest absolute Gasteiger partial charge is 0.254 e. The zero-order chi connectivity index (χ0) is 17.8. The van der Waals surface area contributed by atoms with Crippen LogP contribution in [0.15, 0.2) is 6.07 Å². The van der Waals surface area contributed by atoms with Gasteiger partial charge in [0, 0.05) is 51.0 Å². The molecule has 2 aromatic heterocycles. The third kappa shape index (κ3) is 4.10. The molecule has 0 radical (unpaired) electrons. The fourth-order valence-electron chi connectivity index (χ4n) is 3.54. The Bertz CT molecular complexity index is 684. The van der Waals surface area contributed by atoms with E-state index in [1.54, 1.807) is 0 Å². The molecule has 0 unspecified atom stereocenters. The minimum absolute atomic E-state index is 0.710. The van der Waals surface area contributed by atoms with Crippen molar-refractivity contribution in [2.24, 2.45) is 0 Å². The molecule has 0 spiro atoms. The summed E-state index contributed by atoms with van der Waals surface area (Å²) in [6.07, 6.45) is 1.23. The average Bonchev–Trinajstić information content (AvgIpc) is 3.00. The van der Waals surface area contributed by atoms with Gasteiger partial charge in [-0.2, -0.15) is 9.50 Å². The molecule has 0 aliphatic carbocycles. The monoisotopic (exact) mass is 345 g/mol. The van der Waals surface area contributed by atoms with E-state index in [1.165, 1.54) is 13.0 Å². The Morgan fingerprint density at radius 3 is 2.32 bits per heavy atom. The Morgan fingerprint density at radius 2 is 1.68 bits per heavy atom. The van der Waals surface area contributed by atoms with Crippen LogP contribution >= 0.6 is 0 Å². The second kappa shape index (κ2) is 8.10. The van der Waals surface area contributed by atoms with Crippen LogP contribution in [0.25, 0.3) is 5.78 Å². The summed E-state index contributed by atoms with van der Waals surface area (Å²) >= 11 is 0. The van der Waals surface area contributed by atoms with E-state index < -0.39 is 0 Å². The topological polar surface area (TPSA) is 52.8 Å². The predicted octanol–water partition coefficient (Wildman–Crippen LogP) is 1.81. The van der Waals surface area contributed by atoms with E-state index in [0.29, 0.717) is 5.78 Å². The molecule has 0 N–H and O–H groups in total. The van der Waals surface area contributed by atoms with Gasteiger partial charge in [-0.3, -0.25) is 4.90 Å². The molecule has 0 saturated carbocycles. The zero-order valence-corrected chi connectivity index (χ0v) is 16.1. The van der Waals surface area contributed by atoms with Crippen LogP contribution in [0.1, 0.15) is 38.7 Å². The summed E-state index contributed by atoms with van der Waals surface area (Å²) in [5, 5.41) is 4.77. The van der Waals surface area contributed by atoms with E-state index in [4.69, 9.17) is 10.1 Å². The molecule has 138 valence electrons. The number of hydrogen-bond acceptors (Lipinski definition) is 6. The van der Waals surface area contributed by atoms with Crippen molar-refractivity contribution in [3.63, 3.8) is 0 Å². The fraction of sp³-hybridized carbons (Fsp3) is 0.722. The first kappa shape index (κ1) is 18.1. The van der Waals surface area contributed by atoms with Gasteiger partial charge in [0.25, 0.3) is 5.78 Å². The van der Waals surface area contributed by atoms with Crippen molar-refractivity contribution in [3.8, 4) is 0 Å². The fourth-order valence-corrected chi connectivity index (χ4v) is 3.54. The Kier molecular flexibility index (Phi) is 5.86. The van der Waals surface area contributed by atoms with Crippen molar-refractivity contribution in [2.45, 2.75) is 40.7 Å². The summed E-state index contributed by atoms with van der Waals surface area (Å²) in [6, 6.07) is 2.10. The molecule has 0 aromatic carbocycles. The minimum atomic E-state index is 0.710. The highest BCUT2D eigenvalue weighted by Gasteiger charge is 2.19. The maximum absolute atomic E-state index is 4.77. The first-order chi connectivity index (χ1) is 12.1. The molecule has 1 fully saturated rings. The molecule has 3 rings (SSSR count). The van der Waals surface area contributed by atoms with Gasteiger partial charge >= 0.3 is 0 Å². The quantitative estimate of drug-likeness (QED) is 0.763. The molecule has 25 heavy (non-hydrogen) atoms. The lowest BCUT2D eigenvalue weighted by atomic mass is 10.3. The Labute approximate surface area is 150 Å². The van der Waals surface area contributed by atoms with Gasteiger partial charge in [0.1, 0.15) is 5.82 Å². The van der Waals surface area contributed by atoms with Crippen molar-refractivity contribution >= 4 is 11.6 Å². The molecular weight excluding hydrogens is 314 g/mol. The third-order valence-electron chi connectivity index (χ3n) is 4.92. The van der Waals surface area contributed by atoms with Crippen LogP contribution in [0, 0.1) is 6.92 Å². The lowest BCUT2D eigenvalue weighted by Crippen LogP contribution is -2.46. The highest BCUT2D eigenvalue weighted by molar-refractivity contribution is 5.47. The average molecular weight is 345 g/mol. The molecule has 0 bridgehead atoms. The van der Waals surface area contributed by atoms with Gasteiger partial charge in [-0.1, -0.05) is 6.92 Å². The molecule has 7 nitrogen and oxygen atoms in total. The Hall–Kier alpha value is -1.73. The molecule has 2 aromatic rings. The van der Waals surface area contributed by atoms with E-state index in [9.17, 15) is 0 Å². The number of aryl methyl sites for hydroxylation is 1. The number of piperazine rings is 1.